The van der Waals surface area contributed by atoms with Crippen LogP contribution in [0.1, 0.15) is 54.9 Å². The highest BCUT2D eigenvalue weighted by Crippen LogP contribution is 2.34. The van der Waals surface area contributed by atoms with Crippen LogP contribution in [0.5, 0.6) is 5.88 Å². The van der Waals surface area contributed by atoms with Gasteiger partial charge in [-0.3, -0.25) is 4.79 Å². The summed E-state index contributed by atoms with van der Waals surface area (Å²) in [5.74, 6) is -0.801. The number of pyridine rings is 1. The van der Waals surface area contributed by atoms with Gasteiger partial charge in [0.25, 0.3) is 5.91 Å². The van der Waals surface area contributed by atoms with Crippen LogP contribution in [0, 0.1) is 11.3 Å². The number of halogens is 4. The number of carbonyl (C=O) groups is 1. The van der Waals surface area contributed by atoms with Crippen molar-refractivity contribution >= 4 is 17.5 Å². The monoisotopic (exact) mass is 515 g/mol. The van der Waals surface area contributed by atoms with Crippen molar-refractivity contribution in [2.75, 3.05) is 6.54 Å². The first-order valence-corrected chi connectivity index (χ1v) is 11.5. The molecule has 188 valence electrons. The van der Waals surface area contributed by atoms with Crippen LogP contribution in [-0.2, 0) is 11.0 Å². The van der Waals surface area contributed by atoms with E-state index in [1.807, 2.05) is 25.1 Å². The molecule has 0 bridgehead atoms. The van der Waals surface area contributed by atoms with E-state index in [9.17, 15) is 23.2 Å². The summed E-state index contributed by atoms with van der Waals surface area (Å²) in [4.78, 5) is 16.7. The fourth-order valence-corrected chi connectivity index (χ4v) is 3.88. The molecular formula is C27H25ClF3N3O2. The van der Waals surface area contributed by atoms with Gasteiger partial charge in [-0.15, -0.1) is 0 Å². The van der Waals surface area contributed by atoms with E-state index in [1.165, 1.54) is 13.8 Å². The topological polar surface area (TPSA) is 75.0 Å². The van der Waals surface area contributed by atoms with Gasteiger partial charge in [-0.1, -0.05) is 42.8 Å². The molecule has 2 atom stereocenters. The normalized spacial score (nSPS) is 13.4. The lowest BCUT2D eigenvalue weighted by molar-refractivity contribution is -0.138. The zero-order chi connectivity index (χ0) is 26.5. The summed E-state index contributed by atoms with van der Waals surface area (Å²) in [6.07, 6.45) is -3.85. The molecule has 0 saturated carbocycles. The standard InChI is InChI=1S/C27H25ClF3N3O2/c1-17(19-7-10-22(28)11-8-19)23(20-6-4-5-18(13-20)14-32)16-34-25(35)26(2,3)36-24-12-9-21(15-33-24)27(29,30)31/h4-13,15,17,23H,16H2,1-3H3,(H,34,35). The third-order valence-electron chi connectivity index (χ3n) is 5.90. The number of rotatable bonds is 8. The average Bonchev–Trinajstić information content (AvgIpc) is 2.84. The van der Waals surface area contributed by atoms with Crippen molar-refractivity contribution in [1.29, 1.82) is 5.26 Å². The van der Waals surface area contributed by atoms with Gasteiger partial charge in [0.05, 0.1) is 17.2 Å². The molecule has 5 nitrogen and oxygen atoms in total. The van der Waals surface area contributed by atoms with Crippen molar-refractivity contribution in [3.05, 3.63) is 94.1 Å². The number of nitrogens with one attached hydrogen (secondary N) is 1. The molecule has 0 aliphatic carbocycles. The van der Waals surface area contributed by atoms with Crippen molar-refractivity contribution in [3.8, 4) is 11.9 Å². The van der Waals surface area contributed by atoms with Crippen LogP contribution >= 0.6 is 11.6 Å². The third-order valence-corrected chi connectivity index (χ3v) is 6.15. The van der Waals surface area contributed by atoms with Crippen molar-refractivity contribution < 1.29 is 22.7 Å². The van der Waals surface area contributed by atoms with E-state index >= 15 is 0 Å². The Morgan fingerprint density at radius 2 is 1.81 bits per heavy atom. The Balaban J connectivity index is 1.78. The molecule has 2 aromatic carbocycles. The van der Waals surface area contributed by atoms with E-state index in [4.69, 9.17) is 16.3 Å². The summed E-state index contributed by atoms with van der Waals surface area (Å²) in [6, 6.07) is 18.7. The highest BCUT2D eigenvalue weighted by molar-refractivity contribution is 6.30. The average molecular weight is 516 g/mol. The summed E-state index contributed by atoms with van der Waals surface area (Å²) in [7, 11) is 0. The summed E-state index contributed by atoms with van der Waals surface area (Å²) >= 11 is 6.04. The fraction of sp³-hybridized carbons (Fsp3) is 0.296. The second-order valence-electron chi connectivity index (χ2n) is 8.89. The van der Waals surface area contributed by atoms with E-state index in [0.29, 0.717) is 16.8 Å². The van der Waals surface area contributed by atoms with Crippen LogP contribution in [0.25, 0.3) is 0 Å². The zero-order valence-corrected chi connectivity index (χ0v) is 20.7. The van der Waals surface area contributed by atoms with Crippen LogP contribution in [0.3, 0.4) is 0 Å². The zero-order valence-electron chi connectivity index (χ0n) is 19.9. The summed E-state index contributed by atoms with van der Waals surface area (Å²) in [5, 5.41) is 12.8. The molecular weight excluding hydrogens is 491 g/mol. The van der Waals surface area contributed by atoms with E-state index < -0.39 is 23.2 Å². The molecule has 3 rings (SSSR count). The number of amides is 1. The highest BCUT2D eigenvalue weighted by atomic mass is 35.5. The van der Waals surface area contributed by atoms with Crippen LogP contribution in [0.4, 0.5) is 13.2 Å². The molecule has 1 heterocycles. The molecule has 0 aliphatic rings. The Bertz CT molecular complexity index is 1240. The van der Waals surface area contributed by atoms with Gasteiger partial charge < -0.3 is 10.1 Å². The van der Waals surface area contributed by atoms with Gasteiger partial charge in [-0.05, 0) is 61.2 Å². The first-order valence-electron chi connectivity index (χ1n) is 11.2. The minimum absolute atomic E-state index is 0.0443. The Morgan fingerprint density at radius 1 is 1.11 bits per heavy atom. The minimum Gasteiger partial charge on any atom is -0.462 e. The number of carbonyl (C=O) groups excluding carboxylic acids is 1. The Hall–Kier alpha value is -3.57. The smallest absolute Gasteiger partial charge is 0.417 e. The van der Waals surface area contributed by atoms with Gasteiger partial charge in [0.2, 0.25) is 5.88 Å². The van der Waals surface area contributed by atoms with Crippen LogP contribution in [0.2, 0.25) is 5.02 Å². The molecule has 1 N–H and O–H groups in total. The molecule has 0 aliphatic heterocycles. The second kappa shape index (κ2) is 11.0. The van der Waals surface area contributed by atoms with Crippen LogP contribution < -0.4 is 10.1 Å². The predicted molar refractivity (Wildman–Crippen MR) is 131 cm³/mol. The molecule has 0 saturated heterocycles. The molecule has 1 amide bonds. The van der Waals surface area contributed by atoms with Gasteiger partial charge in [0.1, 0.15) is 0 Å². The lowest BCUT2D eigenvalue weighted by atomic mass is 9.82. The molecule has 9 heteroatoms. The SMILES string of the molecule is CC(c1ccc(Cl)cc1)C(CNC(=O)C(C)(C)Oc1ccc(C(F)(F)F)cn1)c1cccc(C#N)c1. The summed E-state index contributed by atoms with van der Waals surface area (Å²) in [5.41, 5.74) is 0.0697. The Morgan fingerprint density at radius 3 is 2.39 bits per heavy atom. The molecule has 3 aromatic rings. The van der Waals surface area contributed by atoms with E-state index in [2.05, 4.69) is 16.4 Å². The predicted octanol–water partition coefficient (Wildman–Crippen LogP) is 6.49. The van der Waals surface area contributed by atoms with E-state index in [0.717, 1.165) is 23.3 Å². The van der Waals surface area contributed by atoms with Gasteiger partial charge in [-0.25, -0.2) is 4.98 Å². The molecule has 0 radical (unpaired) electrons. The largest absolute Gasteiger partial charge is 0.462 e. The number of hydrogen-bond donors (Lipinski definition) is 1. The molecule has 0 spiro atoms. The Labute approximate surface area is 212 Å². The van der Waals surface area contributed by atoms with E-state index in [1.54, 1.807) is 30.3 Å². The fourth-order valence-electron chi connectivity index (χ4n) is 3.75. The van der Waals surface area contributed by atoms with Gasteiger partial charge in [-0.2, -0.15) is 18.4 Å². The molecule has 1 aromatic heterocycles. The quantitative estimate of drug-likeness (QED) is 0.372. The summed E-state index contributed by atoms with van der Waals surface area (Å²) < 4.78 is 44.0. The summed E-state index contributed by atoms with van der Waals surface area (Å²) in [6.45, 7) is 5.27. The number of nitrogens with zero attached hydrogens (tertiary/aromatic N) is 2. The lowest BCUT2D eigenvalue weighted by Crippen LogP contribution is -2.48. The Kier molecular flexibility index (Phi) is 8.26. The van der Waals surface area contributed by atoms with Gasteiger partial charge in [0, 0.05) is 29.7 Å². The maximum atomic E-state index is 13.0. The number of nitriles is 1. The number of alkyl halides is 3. The lowest BCUT2D eigenvalue weighted by Gasteiger charge is -2.29. The maximum absolute atomic E-state index is 13.0. The molecule has 2 unspecified atom stereocenters. The van der Waals surface area contributed by atoms with E-state index in [-0.39, 0.29) is 24.3 Å². The number of aromatic nitrogens is 1. The van der Waals surface area contributed by atoms with Crippen molar-refractivity contribution in [3.63, 3.8) is 0 Å². The van der Waals surface area contributed by atoms with Crippen molar-refractivity contribution in [2.45, 2.75) is 44.4 Å². The first kappa shape index (κ1) is 27.0. The second-order valence-corrected chi connectivity index (χ2v) is 9.33. The highest BCUT2D eigenvalue weighted by Gasteiger charge is 2.34. The number of benzene rings is 2. The van der Waals surface area contributed by atoms with Crippen molar-refractivity contribution in [2.24, 2.45) is 0 Å². The first-order chi connectivity index (χ1) is 16.9. The van der Waals surface area contributed by atoms with Crippen LogP contribution in [-0.4, -0.2) is 23.0 Å². The minimum atomic E-state index is -4.52. The molecule has 36 heavy (non-hydrogen) atoms. The third kappa shape index (κ3) is 6.76. The molecule has 0 fully saturated rings. The van der Waals surface area contributed by atoms with Gasteiger partial charge in [0.15, 0.2) is 5.60 Å². The van der Waals surface area contributed by atoms with Crippen molar-refractivity contribution in [1.82, 2.24) is 10.3 Å². The number of hydrogen-bond acceptors (Lipinski definition) is 4. The van der Waals surface area contributed by atoms with Crippen LogP contribution in [0.15, 0.2) is 66.9 Å². The number of ether oxygens (including phenoxy) is 1. The maximum Gasteiger partial charge on any atom is 0.417 e. The van der Waals surface area contributed by atoms with Gasteiger partial charge >= 0.3 is 6.18 Å².